The van der Waals surface area contributed by atoms with Crippen molar-refractivity contribution < 1.29 is 22.8 Å². The molecule has 2 N–H and O–H groups in total. The number of carbonyl (C=O) groups is 2. The highest BCUT2D eigenvalue weighted by atomic mass is 127. The van der Waals surface area contributed by atoms with Crippen LogP contribution in [0.5, 0.6) is 0 Å². The van der Waals surface area contributed by atoms with E-state index in [2.05, 4.69) is 33.2 Å². The molecule has 0 heterocycles. The highest BCUT2D eigenvalue weighted by Crippen LogP contribution is 2.30. The number of benzene rings is 3. The van der Waals surface area contributed by atoms with Gasteiger partial charge in [0.25, 0.3) is 11.8 Å². The van der Waals surface area contributed by atoms with E-state index in [1.807, 2.05) is 12.1 Å². The Bertz CT molecular complexity index is 1050. The van der Waals surface area contributed by atoms with Gasteiger partial charge in [-0.05, 0) is 77.2 Å². The molecule has 0 fully saturated rings. The first-order chi connectivity index (χ1) is 13.7. The number of anilines is 2. The minimum Gasteiger partial charge on any atom is -0.322 e. The van der Waals surface area contributed by atoms with E-state index < -0.39 is 17.6 Å². The molecule has 0 aromatic heterocycles. The van der Waals surface area contributed by atoms with E-state index in [1.54, 1.807) is 24.3 Å². The molecule has 0 atom stereocenters. The molecule has 0 aliphatic heterocycles. The summed E-state index contributed by atoms with van der Waals surface area (Å²) in [5.74, 6) is -0.837. The van der Waals surface area contributed by atoms with Crippen molar-refractivity contribution in [3.05, 3.63) is 93.1 Å². The summed E-state index contributed by atoms with van der Waals surface area (Å²) >= 11 is 2.07. The van der Waals surface area contributed by atoms with Gasteiger partial charge in [0.2, 0.25) is 0 Å². The van der Waals surface area contributed by atoms with E-state index in [0.717, 1.165) is 15.7 Å². The molecule has 0 unspecified atom stereocenters. The normalized spacial score (nSPS) is 11.0. The van der Waals surface area contributed by atoms with E-state index in [9.17, 15) is 22.8 Å². The van der Waals surface area contributed by atoms with E-state index in [-0.39, 0.29) is 17.2 Å². The minimum absolute atomic E-state index is 0.0425. The zero-order chi connectivity index (χ0) is 21.0. The maximum atomic E-state index is 12.8. The number of rotatable bonds is 4. The van der Waals surface area contributed by atoms with Crippen LogP contribution >= 0.6 is 22.6 Å². The van der Waals surface area contributed by atoms with Gasteiger partial charge in [-0.25, -0.2) is 0 Å². The fourth-order valence-corrected chi connectivity index (χ4v) is 3.16. The molecular weight excluding hydrogens is 496 g/mol. The van der Waals surface area contributed by atoms with Gasteiger partial charge in [0.05, 0.1) is 11.1 Å². The molecule has 3 rings (SSSR count). The Hall–Kier alpha value is -2.88. The molecule has 3 aromatic carbocycles. The van der Waals surface area contributed by atoms with Crippen molar-refractivity contribution in [2.75, 3.05) is 10.6 Å². The number of halogens is 4. The SMILES string of the molecule is O=C(Nc1cccc(C(F)(F)F)c1)c1ccc(NC(=O)c2ccccc2I)cc1. The summed E-state index contributed by atoms with van der Waals surface area (Å²) in [7, 11) is 0. The Balaban J connectivity index is 1.68. The molecule has 2 amide bonds. The summed E-state index contributed by atoms with van der Waals surface area (Å²) in [5, 5.41) is 5.18. The quantitative estimate of drug-likeness (QED) is 0.435. The summed E-state index contributed by atoms with van der Waals surface area (Å²) in [6.07, 6.45) is -4.49. The lowest BCUT2D eigenvalue weighted by molar-refractivity contribution is -0.137. The fourth-order valence-electron chi connectivity index (χ4n) is 2.53. The van der Waals surface area contributed by atoms with Gasteiger partial charge in [0, 0.05) is 20.5 Å². The Morgan fingerprint density at radius 2 is 1.41 bits per heavy atom. The van der Waals surface area contributed by atoms with E-state index in [4.69, 9.17) is 0 Å². The van der Waals surface area contributed by atoms with Gasteiger partial charge in [-0.3, -0.25) is 9.59 Å². The van der Waals surface area contributed by atoms with Crippen molar-refractivity contribution in [2.24, 2.45) is 0 Å². The zero-order valence-corrected chi connectivity index (χ0v) is 16.9. The van der Waals surface area contributed by atoms with Crippen LogP contribution in [0.4, 0.5) is 24.5 Å². The molecule has 0 aliphatic rings. The first-order valence-electron chi connectivity index (χ1n) is 8.38. The van der Waals surface area contributed by atoms with Gasteiger partial charge in [-0.15, -0.1) is 0 Å². The minimum atomic E-state index is -4.49. The standard InChI is InChI=1S/C21H14F3IN2O2/c22-21(23,24)14-4-3-5-16(12-14)27-19(28)13-8-10-15(11-9-13)26-20(29)17-6-1-2-7-18(17)25/h1-12H,(H,26,29)(H,27,28). The fraction of sp³-hybridized carbons (Fsp3) is 0.0476. The Morgan fingerprint density at radius 1 is 0.759 bits per heavy atom. The zero-order valence-electron chi connectivity index (χ0n) is 14.8. The number of amides is 2. The molecule has 29 heavy (non-hydrogen) atoms. The topological polar surface area (TPSA) is 58.2 Å². The second-order valence-corrected chi connectivity index (χ2v) is 7.21. The summed E-state index contributed by atoms with van der Waals surface area (Å²) in [5.41, 5.74) is 0.462. The average molecular weight is 510 g/mol. The van der Waals surface area contributed by atoms with Crippen LogP contribution < -0.4 is 10.6 Å². The third kappa shape index (κ3) is 5.35. The van der Waals surface area contributed by atoms with Gasteiger partial charge < -0.3 is 10.6 Å². The van der Waals surface area contributed by atoms with Crippen LogP contribution in [0.3, 0.4) is 0 Å². The monoisotopic (exact) mass is 510 g/mol. The van der Waals surface area contributed by atoms with Crippen LogP contribution in [0.15, 0.2) is 72.8 Å². The highest BCUT2D eigenvalue weighted by molar-refractivity contribution is 14.1. The van der Waals surface area contributed by atoms with Crippen molar-refractivity contribution in [3.63, 3.8) is 0 Å². The van der Waals surface area contributed by atoms with Gasteiger partial charge in [-0.2, -0.15) is 13.2 Å². The number of carbonyl (C=O) groups excluding carboxylic acids is 2. The number of nitrogens with one attached hydrogen (secondary N) is 2. The lowest BCUT2D eigenvalue weighted by atomic mass is 10.1. The maximum absolute atomic E-state index is 12.8. The van der Waals surface area contributed by atoms with Crippen LogP contribution in [-0.2, 0) is 6.18 Å². The van der Waals surface area contributed by atoms with Crippen LogP contribution in [0, 0.1) is 3.57 Å². The Labute approximate surface area is 178 Å². The molecule has 148 valence electrons. The second-order valence-electron chi connectivity index (χ2n) is 6.04. The second kappa shape index (κ2) is 8.64. The molecule has 0 aliphatic carbocycles. The average Bonchev–Trinajstić information content (AvgIpc) is 2.68. The predicted octanol–water partition coefficient (Wildman–Crippen LogP) is 5.81. The van der Waals surface area contributed by atoms with Crippen LogP contribution in [0.1, 0.15) is 26.3 Å². The van der Waals surface area contributed by atoms with Crippen molar-refractivity contribution >= 4 is 45.8 Å². The van der Waals surface area contributed by atoms with Crippen molar-refractivity contribution in [2.45, 2.75) is 6.18 Å². The number of alkyl halides is 3. The Morgan fingerprint density at radius 3 is 2.07 bits per heavy atom. The first kappa shape index (κ1) is 20.8. The van der Waals surface area contributed by atoms with Crippen molar-refractivity contribution in [3.8, 4) is 0 Å². The van der Waals surface area contributed by atoms with Crippen LogP contribution in [0.2, 0.25) is 0 Å². The van der Waals surface area contributed by atoms with E-state index in [0.29, 0.717) is 11.3 Å². The lowest BCUT2D eigenvalue weighted by Crippen LogP contribution is -2.15. The van der Waals surface area contributed by atoms with Crippen LogP contribution in [0.25, 0.3) is 0 Å². The molecule has 8 heteroatoms. The summed E-state index contributed by atoms with van der Waals surface area (Å²) in [4.78, 5) is 24.6. The summed E-state index contributed by atoms with van der Waals surface area (Å²) < 4.78 is 39.1. The van der Waals surface area contributed by atoms with E-state index in [1.165, 1.54) is 24.3 Å². The maximum Gasteiger partial charge on any atom is 0.416 e. The molecule has 0 saturated carbocycles. The summed E-state index contributed by atoms with van der Waals surface area (Å²) in [6.45, 7) is 0. The van der Waals surface area contributed by atoms with Crippen molar-refractivity contribution in [1.82, 2.24) is 0 Å². The Kier molecular flexibility index (Phi) is 6.21. The van der Waals surface area contributed by atoms with Gasteiger partial charge >= 0.3 is 6.18 Å². The molecule has 4 nitrogen and oxygen atoms in total. The van der Waals surface area contributed by atoms with Crippen molar-refractivity contribution in [1.29, 1.82) is 0 Å². The largest absolute Gasteiger partial charge is 0.416 e. The van der Waals surface area contributed by atoms with E-state index >= 15 is 0 Å². The predicted molar refractivity (Wildman–Crippen MR) is 113 cm³/mol. The number of hydrogen-bond donors (Lipinski definition) is 2. The van der Waals surface area contributed by atoms with Crippen LogP contribution in [-0.4, -0.2) is 11.8 Å². The van der Waals surface area contributed by atoms with Gasteiger partial charge in [-0.1, -0.05) is 18.2 Å². The lowest BCUT2D eigenvalue weighted by Gasteiger charge is -2.10. The first-order valence-corrected chi connectivity index (χ1v) is 9.46. The third-order valence-electron chi connectivity index (χ3n) is 3.97. The molecular formula is C21H14F3IN2O2. The molecule has 0 radical (unpaired) electrons. The highest BCUT2D eigenvalue weighted by Gasteiger charge is 2.30. The van der Waals surface area contributed by atoms with Gasteiger partial charge in [0.1, 0.15) is 0 Å². The smallest absolute Gasteiger partial charge is 0.322 e. The van der Waals surface area contributed by atoms with Gasteiger partial charge in [0.15, 0.2) is 0 Å². The molecule has 0 bridgehead atoms. The molecule has 0 saturated heterocycles. The third-order valence-corrected chi connectivity index (χ3v) is 4.91. The number of hydrogen-bond acceptors (Lipinski definition) is 2. The molecule has 0 spiro atoms. The summed E-state index contributed by atoms with van der Waals surface area (Å²) in [6, 6.07) is 17.6. The molecule has 3 aromatic rings.